The maximum Gasteiger partial charge on any atom is 0.262 e. The van der Waals surface area contributed by atoms with Crippen LogP contribution >= 0.6 is 11.3 Å². The largest absolute Gasteiger partial charge is 0.494 e. The minimum absolute atomic E-state index is 0.0272. The fourth-order valence-electron chi connectivity index (χ4n) is 3.48. The molecule has 0 N–H and O–H groups in total. The van der Waals surface area contributed by atoms with E-state index in [4.69, 9.17) is 4.74 Å². The molecule has 25 heavy (non-hydrogen) atoms. The van der Waals surface area contributed by atoms with Crippen molar-refractivity contribution in [3.63, 3.8) is 0 Å². The van der Waals surface area contributed by atoms with Gasteiger partial charge in [-0.2, -0.15) is 0 Å². The van der Waals surface area contributed by atoms with E-state index in [0.717, 1.165) is 29.5 Å². The standard InChI is InChI=1S/C19H19FN2O2S/c1-24-15-8-7-12(9-14(15)20)10-22-11-21-18-17(19(22)23)13-5-3-2-4-6-16(13)25-18/h7-9,11H,2-6,10H2,1H3. The van der Waals surface area contributed by atoms with Crippen LogP contribution in [0.25, 0.3) is 10.2 Å². The van der Waals surface area contributed by atoms with Crippen LogP contribution in [0.15, 0.2) is 29.3 Å². The zero-order chi connectivity index (χ0) is 17.4. The molecule has 0 bridgehead atoms. The van der Waals surface area contributed by atoms with Gasteiger partial charge < -0.3 is 4.74 Å². The zero-order valence-electron chi connectivity index (χ0n) is 14.0. The van der Waals surface area contributed by atoms with E-state index in [1.54, 1.807) is 34.4 Å². The molecule has 0 unspecified atom stereocenters. The average molecular weight is 358 g/mol. The molecular formula is C19H19FN2O2S. The Labute approximate surface area is 148 Å². The molecule has 4 rings (SSSR count). The predicted molar refractivity (Wildman–Crippen MR) is 97.2 cm³/mol. The molecule has 2 heterocycles. The second-order valence-electron chi connectivity index (χ2n) is 6.39. The Morgan fingerprint density at radius 1 is 1.28 bits per heavy atom. The van der Waals surface area contributed by atoms with Crippen LogP contribution in [-0.2, 0) is 19.4 Å². The lowest BCUT2D eigenvalue weighted by atomic mass is 10.1. The second-order valence-corrected chi connectivity index (χ2v) is 7.47. The first-order chi connectivity index (χ1) is 12.2. The quantitative estimate of drug-likeness (QED) is 0.667. The van der Waals surface area contributed by atoms with Crippen LogP contribution in [-0.4, -0.2) is 16.7 Å². The first-order valence-electron chi connectivity index (χ1n) is 8.49. The Bertz CT molecular complexity index is 993. The van der Waals surface area contributed by atoms with E-state index in [9.17, 15) is 9.18 Å². The van der Waals surface area contributed by atoms with Crippen LogP contribution in [0.1, 0.15) is 35.3 Å². The van der Waals surface area contributed by atoms with Crippen LogP contribution in [0.2, 0.25) is 0 Å². The summed E-state index contributed by atoms with van der Waals surface area (Å²) in [4.78, 5) is 19.6. The number of ether oxygens (including phenoxy) is 1. The van der Waals surface area contributed by atoms with Crippen LogP contribution in [0, 0.1) is 5.82 Å². The zero-order valence-corrected chi connectivity index (χ0v) is 14.9. The molecule has 1 aliphatic rings. The normalized spacial score (nSPS) is 14.3. The maximum absolute atomic E-state index is 13.9. The maximum atomic E-state index is 13.9. The van der Waals surface area contributed by atoms with Gasteiger partial charge in [-0.1, -0.05) is 12.5 Å². The molecular weight excluding hydrogens is 339 g/mol. The molecule has 0 radical (unpaired) electrons. The third kappa shape index (κ3) is 2.95. The van der Waals surface area contributed by atoms with Crippen molar-refractivity contribution in [2.45, 2.75) is 38.6 Å². The summed E-state index contributed by atoms with van der Waals surface area (Å²) < 4.78 is 20.4. The third-order valence-electron chi connectivity index (χ3n) is 4.76. The van der Waals surface area contributed by atoms with Crippen LogP contribution in [0.5, 0.6) is 5.75 Å². The van der Waals surface area contributed by atoms with E-state index in [1.807, 2.05) is 0 Å². The Balaban J connectivity index is 1.75. The lowest BCUT2D eigenvalue weighted by molar-refractivity contribution is 0.386. The molecule has 130 valence electrons. The van der Waals surface area contributed by atoms with E-state index in [2.05, 4.69) is 4.98 Å². The molecule has 4 nitrogen and oxygen atoms in total. The second kappa shape index (κ2) is 6.59. The Morgan fingerprint density at radius 3 is 2.92 bits per heavy atom. The average Bonchev–Trinajstić information content (AvgIpc) is 2.80. The summed E-state index contributed by atoms with van der Waals surface area (Å²) >= 11 is 1.65. The number of methoxy groups -OCH3 is 1. The Morgan fingerprint density at radius 2 is 2.12 bits per heavy atom. The fourth-order valence-corrected chi connectivity index (χ4v) is 4.70. The van der Waals surface area contributed by atoms with E-state index in [-0.39, 0.29) is 11.3 Å². The summed E-state index contributed by atoms with van der Waals surface area (Å²) in [5.74, 6) is -0.223. The first-order valence-corrected chi connectivity index (χ1v) is 9.31. The highest BCUT2D eigenvalue weighted by Gasteiger charge is 2.19. The van der Waals surface area contributed by atoms with Crippen LogP contribution in [0.4, 0.5) is 4.39 Å². The molecule has 2 aromatic heterocycles. The van der Waals surface area contributed by atoms with Crippen molar-refractivity contribution >= 4 is 21.6 Å². The number of rotatable bonds is 3. The van der Waals surface area contributed by atoms with Crippen LogP contribution in [0.3, 0.4) is 0 Å². The highest BCUT2D eigenvalue weighted by molar-refractivity contribution is 7.18. The number of hydrogen-bond acceptors (Lipinski definition) is 4. The van der Waals surface area contributed by atoms with Gasteiger partial charge in [-0.05, 0) is 48.9 Å². The van der Waals surface area contributed by atoms with Gasteiger partial charge in [0.1, 0.15) is 4.83 Å². The molecule has 0 saturated carbocycles. The van der Waals surface area contributed by atoms with Gasteiger partial charge in [0.2, 0.25) is 0 Å². The number of aromatic nitrogens is 2. The van der Waals surface area contributed by atoms with E-state index < -0.39 is 5.82 Å². The monoisotopic (exact) mass is 358 g/mol. The number of benzene rings is 1. The lowest BCUT2D eigenvalue weighted by Gasteiger charge is -2.08. The molecule has 1 aromatic carbocycles. The van der Waals surface area contributed by atoms with Gasteiger partial charge in [0.15, 0.2) is 11.6 Å². The molecule has 6 heteroatoms. The molecule has 1 aliphatic carbocycles. The van der Waals surface area contributed by atoms with Crippen molar-refractivity contribution < 1.29 is 9.13 Å². The summed E-state index contributed by atoms with van der Waals surface area (Å²) in [7, 11) is 1.43. The van der Waals surface area contributed by atoms with Crippen molar-refractivity contribution in [3.8, 4) is 5.75 Å². The van der Waals surface area contributed by atoms with Crippen molar-refractivity contribution in [1.82, 2.24) is 9.55 Å². The third-order valence-corrected chi connectivity index (χ3v) is 5.96. The molecule has 0 atom stereocenters. The van der Waals surface area contributed by atoms with E-state index in [0.29, 0.717) is 12.1 Å². The summed E-state index contributed by atoms with van der Waals surface area (Å²) in [6, 6.07) is 4.76. The summed E-state index contributed by atoms with van der Waals surface area (Å²) in [5, 5.41) is 0.762. The number of aryl methyl sites for hydroxylation is 2. The summed E-state index contributed by atoms with van der Waals surface area (Å²) in [6.45, 7) is 0.299. The Hall–Kier alpha value is -2.21. The van der Waals surface area contributed by atoms with Gasteiger partial charge in [0, 0.05) is 4.88 Å². The topological polar surface area (TPSA) is 44.1 Å². The number of halogens is 1. The number of hydrogen-bond donors (Lipinski definition) is 0. The lowest BCUT2D eigenvalue weighted by Crippen LogP contribution is -2.21. The molecule has 0 aliphatic heterocycles. The van der Waals surface area contributed by atoms with Gasteiger partial charge in [0.25, 0.3) is 5.56 Å². The van der Waals surface area contributed by atoms with Gasteiger partial charge in [-0.25, -0.2) is 9.37 Å². The number of thiophene rings is 1. The highest BCUT2D eigenvalue weighted by atomic mass is 32.1. The minimum Gasteiger partial charge on any atom is -0.494 e. The summed E-state index contributed by atoms with van der Waals surface area (Å²) in [6.07, 6.45) is 7.08. The molecule has 3 aromatic rings. The van der Waals surface area contributed by atoms with Gasteiger partial charge >= 0.3 is 0 Å². The SMILES string of the molecule is COc1ccc(Cn2cnc3sc4c(c3c2=O)CCCCC4)cc1F. The molecule has 0 amide bonds. The van der Waals surface area contributed by atoms with Crippen molar-refractivity contribution in [1.29, 1.82) is 0 Å². The molecule has 0 saturated heterocycles. The fraction of sp³-hybridized carbons (Fsp3) is 0.368. The van der Waals surface area contributed by atoms with Crippen LogP contribution < -0.4 is 10.3 Å². The molecule has 0 spiro atoms. The van der Waals surface area contributed by atoms with Crippen molar-refractivity contribution in [2.75, 3.05) is 7.11 Å². The predicted octanol–water partition coefficient (Wildman–Crippen LogP) is 3.92. The summed E-state index contributed by atoms with van der Waals surface area (Å²) in [5.41, 5.74) is 1.87. The number of nitrogens with zero attached hydrogens (tertiary/aromatic N) is 2. The van der Waals surface area contributed by atoms with Gasteiger partial charge in [-0.15, -0.1) is 11.3 Å². The first kappa shape index (κ1) is 16.3. The highest BCUT2D eigenvalue weighted by Crippen LogP contribution is 2.32. The van der Waals surface area contributed by atoms with Crippen molar-refractivity contribution in [3.05, 3.63) is 56.7 Å². The van der Waals surface area contributed by atoms with Crippen molar-refractivity contribution in [2.24, 2.45) is 0 Å². The van der Waals surface area contributed by atoms with Gasteiger partial charge in [0.05, 0.1) is 25.4 Å². The molecule has 0 fully saturated rings. The number of fused-ring (bicyclic) bond motifs is 3. The van der Waals surface area contributed by atoms with E-state index >= 15 is 0 Å². The van der Waals surface area contributed by atoms with E-state index in [1.165, 1.54) is 36.5 Å². The minimum atomic E-state index is -0.425. The van der Waals surface area contributed by atoms with Gasteiger partial charge in [-0.3, -0.25) is 9.36 Å². The Kier molecular flexibility index (Phi) is 4.29. The smallest absolute Gasteiger partial charge is 0.262 e.